The van der Waals surface area contributed by atoms with Crippen LogP contribution in [0.5, 0.6) is 0 Å². The van der Waals surface area contributed by atoms with Crippen LogP contribution in [0.15, 0.2) is 30.3 Å². The van der Waals surface area contributed by atoms with E-state index >= 15 is 0 Å². The highest BCUT2D eigenvalue weighted by atomic mass is 35.5. The quantitative estimate of drug-likeness (QED) is 0.863. The van der Waals surface area contributed by atoms with Gasteiger partial charge in [0, 0.05) is 30.4 Å². The smallest absolute Gasteiger partial charge is 0.328 e. The number of hydrogen-bond donors (Lipinski definition) is 1. The van der Waals surface area contributed by atoms with Gasteiger partial charge in [0.05, 0.1) is 6.04 Å². The molecule has 1 unspecified atom stereocenters. The van der Waals surface area contributed by atoms with Crippen LogP contribution in [0.3, 0.4) is 0 Å². The number of halogens is 4. The SMILES string of the molecule is Cc1cc(C(=O)N2CCNCC2c2ccccc2Cl)nc(C(F)(F)F)n1. The van der Waals surface area contributed by atoms with Crippen LogP contribution in [-0.2, 0) is 6.18 Å². The third kappa shape index (κ3) is 3.81. The van der Waals surface area contributed by atoms with E-state index in [1.165, 1.54) is 17.9 Å². The van der Waals surface area contributed by atoms with Crippen LogP contribution >= 0.6 is 11.6 Å². The van der Waals surface area contributed by atoms with Crippen LogP contribution < -0.4 is 5.32 Å². The maximum Gasteiger partial charge on any atom is 0.451 e. The second-order valence-corrected chi connectivity index (χ2v) is 6.36. The molecular formula is C17H16ClF3N4O. The normalized spacial score (nSPS) is 18.0. The molecule has 9 heteroatoms. The van der Waals surface area contributed by atoms with Crippen molar-refractivity contribution in [3.05, 3.63) is 58.1 Å². The predicted molar refractivity (Wildman–Crippen MR) is 89.9 cm³/mol. The van der Waals surface area contributed by atoms with Crippen molar-refractivity contribution in [1.82, 2.24) is 20.2 Å². The van der Waals surface area contributed by atoms with E-state index in [1.54, 1.807) is 24.3 Å². The molecule has 0 radical (unpaired) electrons. The molecular weight excluding hydrogens is 369 g/mol. The Morgan fingerprint density at radius 3 is 2.73 bits per heavy atom. The summed E-state index contributed by atoms with van der Waals surface area (Å²) in [5.41, 5.74) is 0.542. The summed E-state index contributed by atoms with van der Waals surface area (Å²) < 4.78 is 38.9. The molecule has 1 fully saturated rings. The van der Waals surface area contributed by atoms with Gasteiger partial charge < -0.3 is 10.2 Å². The number of aryl methyl sites for hydroxylation is 1. The number of hydrogen-bond acceptors (Lipinski definition) is 4. The minimum absolute atomic E-state index is 0.0834. The Hall–Kier alpha value is -2.19. The minimum atomic E-state index is -4.72. The third-order valence-electron chi connectivity index (χ3n) is 4.10. The van der Waals surface area contributed by atoms with E-state index in [1.807, 2.05) is 0 Å². The zero-order valence-corrected chi connectivity index (χ0v) is 14.6. The summed E-state index contributed by atoms with van der Waals surface area (Å²) in [6.45, 7) is 2.71. The van der Waals surface area contributed by atoms with E-state index in [2.05, 4.69) is 15.3 Å². The number of piperazine rings is 1. The molecule has 1 saturated heterocycles. The number of nitrogens with zero attached hydrogens (tertiary/aromatic N) is 3. The van der Waals surface area contributed by atoms with Crippen LogP contribution in [0.25, 0.3) is 0 Å². The number of aromatic nitrogens is 2. The van der Waals surface area contributed by atoms with Crippen molar-refractivity contribution in [2.75, 3.05) is 19.6 Å². The van der Waals surface area contributed by atoms with E-state index in [0.29, 0.717) is 24.7 Å². The lowest BCUT2D eigenvalue weighted by Crippen LogP contribution is -2.49. The highest BCUT2D eigenvalue weighted by Crippen LogP contribution is 2.30. The highest BCUT2D eigenvalue weighted by Gasteiger charge is 2.37. The average Bonchev–Trinajstić information content (AvgIpc) is 2.60. The summed E-state index contributed by atoms with van der Waals surface area (Å²) >= 11 is 6.24. The van der Waals surface area contributed by atoms with Crippen molar-refractivity contribution in [3.8, 4) is 0 Å². The van der Waals surface area contributed by atoms with Crippen LogP contribution in [-0.4, -0.2) is 40.4 Å². The van der Waals surface area contributed by atoms with Crippen molar-refractivity contribution in [3.63, 3.8) is 0 Å². The molecule has 5 nitrogen and oxygen atoms in total. The number of carbonyl (C=O) groups is 1. The Morgan fingerprint density at radius 1 is 1.31 bits per heavy atom. The topological polar surface area (TPSA) is 58.1 Å². The van der Waals surface area contributed by atoms with E-state index < -0.39 is 23.9 Å². The largest absolute Gasteiger partial charge is 0.451 e. The fraction of sp³-hybridized carbons (Fsp3) is 0.353. The van der Waals surface area contributed by atoms with Gasteiger partial charge in [-0.05, 0) is 24.6 Å². The zero-order chi connectivity index (χ0) is 18.9. The van der Waals surface area contributed by atoms with Gasteiger partial charge >= 0.3 is 6.18 Å². The summed E-state index contributed by atoms with van der Waals surface area (Å²) in [5, 5.41) is 3.67. The molecule has 0 bridgehead atoms. The molecule has 1 aromatic heterocycles. The maximum atomic E-state index is 13.0. The average molecular weight is 385 g/mol. The number of alkyl halides is 3. The molecule has 138 valence electrons. The predicted octanol–water partition coefficient (Wildman–Crippen LogP) is 3.24. The van der Waals surface area contributed by atoms with Gasteiger partial charge in [0.2, 0.25) is 5.82 Å². The molecule has 2 aromatic rings. The number of rotatable bonds is 2. The first-order chi connectivity index (χ1) is 12.3. The molecule has 0 spiro atoms. The van der Waals surface area contributed by atoms with Gasteiger partial charge in [-0.1, -0.05) is 29.8 Å². The number of benzene rings is 1. The van der Waals surface area contributed by atoms with Gasteiger partial charge in [-0.15, -0.1) is 0 Å². The summed E-state index contributed by atoms with van der Waals surface area (Å²) in [4.78, 5) is 21.3. The monoisotopic (exact) mass is 384 g/mol. The van der Waals surface area contributed by atoms with Crippen molar-refractivity contribution >= 4 is 17.5 Å². The molecule has 1 atom stereocenters. The molecule has 1 aromatic carbocycles. The van der Waals surface area contributed by atoms with Crippen LogP contribution in [0.2, 0.25) is 5.02 Å². The molecule has 3 rings (SSSR count). The van der Waals surface area contributed by atoms with Crippen LogP contribution in [0.4, 0.5) is 13.2 Å². The molecule has 1 aliphatic rings. The second-order valence-electron chi connectivity index (χ2n) is 5.96. The fourth-order valence-corrected chi connectivity index (χ4v) is 3.18. The first-order valence-electron chi connectivity index (χ1n) is 7.96. The summed E-state index contributed by atoms with van der Waals surface area (Å²) in [5.74, 6) is -1.89. The van der Waals surface area contributed by atoms with E-state index in [9.17, 15) is 18.0 Å². The lowest BCUT2D eigenvalue weighted by atomic mass is 10.0. The molecule has 0 aliphatic carbocycles. The Balaban J connectivity index is 1.97. The van der Waals surface area contributed by atoms with E-state index in [0.717, 1.165) is 5.56 Å². The molecule has 26 heavy (non-hydrogen) atoms. The minimum Gasteiger partial charge on any atom is -0.328 e. The first kappa shape index (κ1) is 18.6. The van der Waals surface area contributed by atoms with Gasteiger partial charge in [0.1, 0.15) is 5.69 Å². The van der Waals surface area contributed by atoms with Crippen molar-refractivity contribution in [2.45, 2.75) is 19.1 Å². The summed E-state index contributed by atoms with van der Waals surface area (Å²) in [6.07, 6.45) is -4.72. The first-order valence-corrected chi connectivity index (χ1v) is 8.34. The van der Waals surface area contributed by atoms with Gasteiger partial charge in [0.25, 0.3) is 5.91 Å². The number of nitrogens with one attached hydrogen (secondary N) is 1. The Bertz CT molecular complexity index is 828. The Labute approximate surface area is 153 Å². The van der Waals surface area contributed by atoms with E-state index in [4.69, 9.17) is 11.6 Å². The van der Waals surface area contributed by atoms with Crippen molar-refractivity contribution < 1.29 is 18.0 Å². The van der Waals surface area contributed by atoms with Crippen molar-refractivity contribution in [2.24, 2.45) is 0 Å². The lowest BCUT2D eigenvalue weighted by Gasteiger charge is -2.36. The number of carbonyl (C=O) groups excluding carboxylic acids is 1. The van der Waals surface area contributed by atoms with Gasteiger partial charge in [-0.25, -0.2) is 9.97 Å². The molecule has 1 N–H and O–H groups in total. The van der Waals surface area contributed by atoms with Crippen molar-refractivity contribution in [1.29, 1.82) is 0 Å². The van der Waals surface area contributed by atoms with Gasteiger partial charge in [0.15, 0.2) is 0 Å². The molecule has 1 amide bonds. The molecule has 1 aliphatic heterocycles. The van der Waals surface area contributed by atoms with Crippen LogP contribution in [0.1, 0.15) is 33.6 Å². The summed E-state index contributed by atoms with van der Waals surface area (Å²) in [6, 6.07) is 7.96. The lowest BCUT2D eigenvalue weighted by molar-refractivity contribution is -0.145. The Morgan fingerprint density at radius 2 is 2.04 bits per heavy atom. The third-order valence-corrected chi connectivity index (χ3v) is 4.44. The molecule has 0 saturated carbocycles. The highest BCUT2D eigenvalue weighted by molar-refractivity contribution is 6.31. The van der Waals surface area contributed by atoms with E-state index in [-0.39, 0.29) is 11.4 Å². The summed E-state index contributed by atoms with van der Waals surface area (Å²) in [7, 11) is 0. The number of amides is 1. The second kappa shape index (κ2) is 7.20. The fourth-order valence-electron chi connectivity index (χ4n) is 2.92. The molecule has 2 heterocycles. The zero-order valence-electron chi connectivity index (χ0n) is 13.8. The maximum absolute atomic E-state index is 13.0. The van der Waals surface area contributed by atoms with Gasteiger partial charge in [-0.2, -0.15) is 13.2 Å². The van der Waals surface area contributed by atoms with Gasteiger partial charge in [-0.3, -0.25) is 4.79 Å². The standard InChI is InChI=1S/C17H16ClF3N4O/c1-10-8-13(24-16(23-10)17(19,20)21)15(26)25-7-6-22-9-14(25)11-4-2-3-5-12(11)18/h2-5,8,14,22H,6-7,9H2,1H3. The van der Waals surface area contributed by atoms with Crippen LogP contribution in [0, 0.1) is 6.92 Å². The Kier molecular flexibility index (Phi) is 5.15.